The molecule has 18 heavy (non-hydrogen) atoms. The number of nitrogens with two attached hydrogens (primary N) is 1. The number of rotatable bonds is 5. The summed E-state index contributed by atoms with van der Waals surface area (Å²) < 4.78 is 5.93. The third kappa shape index (κ3) is 2.42. The van der Waals surface area contributed by atoms with Crippen LogP contribution in [0.3, 0.4) is 0 Å². The number of hydrogen-bond donors (Lipinski definition) is 1. The van der Waals surface area contributed by atoms with Crippen molar-refractivity contribution in [1.29, 1.82) is 0 Å². The lowest BCUT2D eigenvalue weighted by molar-refractivity contribution is 0.226. The first kappa shape index (κ1) is 13.1. The maximum atomic E-state index is 5.93. The highest BCUT2D eigenvalue weighted by molar-refractivity contribution is 5.82. The second-order valence-electron chi connectivity index (χ2n) is 4.88. The Morgan fingerprint density at radius 2 is 2.06 bits per heavy atom. The van der Waals surface area contributed by atoms with Crippen molar-refractivity contribution in [3.63, 3.8) is 0 Å². The summed E-state index contributed by atoms with van der Waals surface area (Å²) in [6.45, 7) is 5.77. The van der Waals surface area contributed by atoms with Crippen molar-refractivity contribution in [1.82, 2.24) is 4.90 Å². The first-order valence-corrected chi connectivity index (χ1v) is 6.57. The lowest BCUT2D eigenvalue weighted by Gasteiger charge is -2.22. The van der Waals surface area contributed by atoms with Gasteiger partial charge < -0.3 is 10.2 Å². The highest BCUT2D eigenvalue weighted by atomic mass is 16.3. The highest BCUT2D eigenvalue weighted by Crippen LogP contribution is 2.26. The molecule has 2 rings (SSSR count). The zero-order valence-corrected chi connectivity index (χ0v) is 11.4. The van der Waals surface area contributed by atoms with Crippen LogP contribution in [0.5, 0.6) is 0 Å². The average molecular weight is 246 g/mol. The molecule has 0 aliphatic rings. The Morgan fingerprint density at radius 3 is 2.72 bits per heavy atom. The summed E-state index contributed by atoms with van der Waals surface area (Å²) in [7, 11) is 2.13. The molecule has 0 aliphatic heterocycles. The standard InChI is InChI=1S/C15H22N2O/c1-4-11(2)17(3)10-15-13(9-16)12-7-5-6-8-14(12)18-15/h5-8,11H,4,9-10,16H2,1-3H3. The number of furan rings is 1. The molecule has 1 aromatic carbocycles. The molecule has 2 aromatic rings. The van der Waals surface area contributed by atoms with Crippen LogP contribution in [0.25, 0.3) is 11.0 Å². The zero-order valence-electron chi connectivity index (χ0n) is 11.4. The number of benzene rings is 1. The van der Waals surface area contributed by atoms with E-state index < -0.39 is 0 Å². The molecule has 0 saturated heterocycles. The number of para-hydroxylation sites is 1. The van der Waals surface area contributed by atoms with Gasteiger partial charge in [0.05, 0.1) is 6.54 Å². The highest BCUT2D eigenvalue weighted by Gasteiger charge is 2.16. The number of nitrogens with zero attached hydrogens (tertiary/aromatic N) is 1. The lowest BCUT2D eigenvalue weighted by Crippen LogP contribution is -2.28. The molecule has 0 amide bonds. The quantitative estimate of drug-likeness (QED) is 0.881. The minimum atomic E-state index is 0.528. The van der Waals surface area contributed by atoms with Crippen LogP contribution in [-0.4, -0.2) is 18.0 Å². The van der Waals surface area contributed by atoms with E-state index in [1.807, 2.05) is 18.2 Å². The molecule has 1 unspecified atom stereocenters. The number of fused-ring (bicyclic) bond motifs is 1. The zero-order chi connectivity index (χ0) is 13.1. The van der Waals surface area contributed by atoms with E-state index in [1.165, 1.54) is 0 Å². The largest absolute Gasteiger partial charge is 0.459 e. The summed E-state index contributed by atoms with van der Waals surface area (Å²) >= 11 is 0. The van der Waals surface area contributed by atoms with Gasteiger partial charge in [0.2, 0.25) is 0 Å². The van der Waals surface area contributed by atoms with Crippen molar-refractivity contribution in [2.24, 2.45) is 5.73 Å². The Morgan fingerprint density at radius 1 is 1.33 bits per heavy atom. The van der Waals surface area contributed by atoms with Crippen molar-refractivity contribution in [3.8, 4) is 0 Å². The normalized spacial score (nSPS) is 13.4. The fourth-order valence-corrected chi connectivity index (χ4v) is 2.20. The third-order valence-electron chi connectivity index (χ3n) is 3.72. The predicted octanol–water partition coefficient (Wildman–Crippen LogP) is 3.12. The Bertz CT molecular complexity index is 518. The third-order valence-corrected chi connectivity index (χ3v) is 3.72. The van der Waals surface area contributed by atoms with Crippen molar-refractivity contribution >= 4 is 11.0 Å². The fourth-order valence-electron chi connectivity index (χ4n) is 2.20. The molecule has 98 valence electrons. The Kier molecular flexibility index (Phi) is 4.04. The van der Waals surface area contributed by atoms with Crippen LogP contribution in [0.4, 0.5) is 0 Å². The van der Waals surface area contributed by atoms with Gasteiger partial charge in [-0.15, -0.1) is 0 Å². The van der Waals surface area contributed by atoms with E-state index in [-0.39, 0.29) is 0 Å². The van der Waals surface area contributed by atoms with E-state index in [4.69, 9.17) is 10.2 Å². The summed E-state index contributed by atoms with van der Waals surface area (Å²) in [6.07, 6.45) is 1.13. The van der Waals surface area contributed by atoms with Crippen molar-refractivity contribution in [3.05, 3.63) is 35.6 Å². The van der Waals surface area contributed by atoms with E-state index in [0.29, 0.717) is 12.6 Å². The van der Waals surface area contributed by atoms with E-state index in [0.717, 1.165) is 35.3 Å². The van der Waals surface area contributed by atoms with Gasteiger partial charge in [-0.1, -0.05) is 25.1 Å². The smallest absolute Gasteiger partial charge is 0.134 e. The van der Waals surface area contributed by atoms with Crippen LogP contribution in [0.15, 0.2) is 28.7 Å². The topological polar surface area (TPSA) is 42.4 Å². The van der Waals surface area contributed by atoms with Gasteiger partial charge in [-0.05, 0) is 26.5 Å². The van der Waals surface area contributed by atoms with Gasteiger partial charge in [-0.25, -0.2) is 0 Å². The molecule has 0 saturated carbocycles. The molecule has 0 fully saturated rings. The molecular weight excluding hydrogens is 224 g/mol. The van der Waals surface area contributed by atoms with Gasteiger partial charge in [0, 0.05) is 23.5 Å². The van der Waals surface area contributed by atoms with Crippen LogP contribution in [0, 0.1) is 0 Å². The van der Waals surface area contributed by atoms with Gasteiger partial charge in [-0.2, -0.15) is 0 Å². The molecule has 1 atom stereocenters. The Labute approximate surface area is 109 Å². The second-order valence-corrected chi connectivity index (χ2v) is 4.88. The lowest BCUT2D eigenvalue weighted by atomic mass is 10.1. The van der Waals surface area contributed by atoms with Gasteiger partial charge in [-0.3, -0.25) is 4.90 Å². The van der Waals surface area contributed by atoms with Gasteiger partial charge in [0.15, 0.2) is 0 Å². The molecule has 3 heteroatoms. The van der Waals surface area contributed by atoms with E-state index >= 15 is 0 Å². The van der Waals surface area contributed by atoms with Crippen LogP contribution in [0.1, 0.15) is 31.6 Å². The van der Waals surface area contributed by atoms with Crippen molar-refractivity contribution in [2.75, 3.05) is 7.05 Å². The maximum absolute atomic E-state index is 5.93. The van der Waals surface area contributed by atoms with Crippen molar-refractivity contribution < 1.29 is 4.42 Å². The second kappa shape index (κ2) is 5.55. The predicted molar refractivity (Wildman–Crippen MR) is 75.3 cm³/mol. The summed E-state index contributed by atoms with van der Waals surface area (Å²) in [5.74, 6) is 1.00. The van der Waals surface area contributed by atoms with Crippen LogP contribution < -0.4 is 5.73 Å². The SMILES string of the molecule is CCC(C)N(C)Cc1oc2ccccc2c1CN. The van der Waals surface area contributed by atoms with E-state index in [9.17, 15) is 0 Å². The summed E-state index contributed by atoms with van der Waals surface area (Å²) in [5, 5.41) is 1.15. The van der Waals surface area contributed by atoms with Crippen LogP contribution >= 0.6 is 0 Å². The Hall–Kier alpha value is -1.32. The molecule has 3 nitrogen and oxygen atoms in total. The van der Waals surface area contributed by atoms with Gasteiger partial charge >= 0.3 is 0 Å². The molecule has 1 aromatic heterocycles. The minimum absolute atomic E-state index is 0.528. The monoisotopic (exact) mass is 246 g/mol. The molecular formula is C15H22N2O. The van der Waals surface area contributed by atoms with E-state index in [2.05, 4.69) is 31.9 Å². The van der Waals surface area contributed by atoms with Gasteiger partial charge in [0.25, 0.3) is 0 Å². The average Bonchev–Trinajstić information content (AvgIpc) is 2.74. The summed E-state index contributed by atoms with van der Waals surface area (Å²) in [6, 6.07) is 8.64. The molecule has 0 aliphatic carbocycles. The molecule has 1 heterocycles. The van der Waals surface area contributed by atoms with Crippen molar-refractivity contribution in [2.45, 2.75) is 39.4 Å². The maximum Gasteiger partial charge on any atom is 0.134 e. The molecule has 0 radical (unpaired) electrons. The Balaban J connectivity index is 2.33. The van der Waals surface area contributed by atoms with E-state index in [1.54, 1.807) is 0 Å². The number of hydrogen-bond acceptors (Lipinski definition) is 3. The first-order chi connectivity index (χ1) is 8.67. The fraction of sp³-hybridized carbons (Fsp3) is 0.467. The van der Waals surface area contributed by atoms with Crippen LogP contribution in [-0.2, 0) is 13.1 Å². The first-order valence-electron chi connectivity index (χ1n) is 6.57. The summed E-state index contributed by atoms with van der Waals surface area (Å²) in [4.78, 5) is 2.30. The van der Waals surface area contributed by atoms with Gasteiger partial charge in [0.1, 0.15) is 11.3 Å². The molecule has 0 spiro atoms. The molecule has 0 bridgehead atoms. The summed E-state index contributed by atoms with van der Waals surface area (Å²) in [5.41, 5.74) is 7.94. The van der Waals surface area contributed by atoms with Crippen LogP contribution in [0.2, 0.25) is 0 Å². The molecule has 2 N–H and O–H groups in total. The minimum Gasteiger partial charge on any atom is -0.459 e.